The van der Waals surface area contributed by atoms with Crippen LogP contribution >= 0.6 is 0 Å². The molecule has 0 aliphatic carbocycles. The normalized spacial score (nSPS) is 10.7. The predicted molar refractivity (Wildman–Crippen MR) is 190 cm³/mol. The molecule has 46 heavy (non-hydrogen) atoms. The Kier molecular flexibility index (Phi) is 20.6. The first-order valence-electron chi connectivity index (χ1n) is 16.3. The average molecular weight is 645 g/mol. The lowest BCUT2D eigenvalue weighted by atomic mass is 9.84. The third-order valence-corrected chi connectivity index (χ3v) is 7.10. The number of rotatable bonds is 12. The number of likely N-dealkylation sites (N-methyl/N-ethyl adjacent to an activating group) is 1. The van der Waals surface area contributed by atoms with E-state index >= 15 is 0 Å². The van der Waals surface area contributed by atoms with Crippen molar-refractivity contribution in [2.75, 3.05) is 25.5 Å². The number of anilines is 1. The van der Waals surface area contributed by atoms with Gasteiger partial charge in [0, 0.05) is 24.7 Å². The molecule has 0 aromatic heterocycles. The number of hydrogen-bond acceptors (Lipinski definition) is 4. The molecule has 2 N–H and O–H groups in total. The van der Waals surface area contributed by atoms with E-state index in [-0.39, 0.29) is 11.6 Å². The van der Waals surface area contributed by atoms with Crippen LogP contribution in [-0.2, 0) is 6.42 Å². The van der Waals surface area contributed by atoms with E-state index in [1.54, 1.807) is 38.1 Å². The number of alkyl halides is 2. The lowest BCUT2D eigenvalue weighted by Crippen LogP contribution is -2.22. The molecular formula is C39H59F3N2O2. The summed E-state index contributed by atoms with van der Waals surface area (Å²) in [7, 11) is 1.88. The van der Waals surface area contributed by atoms with Gasteiger partial charge in [-0.3, -0.25) is 4.79 Å². The van der Waals surface area contributed by atoms with Gasteiger partial charge in [0.05, 0.1) is 0 Å². The molecule has 258 valence electrons. The van der Waals surface area contributed by atoms with Gasteiger partial charge >= 0.3 is 6.05 Å². The van der Waals surface area contributed by atoms with Crippen molar-refractivity contribution >= 4 is 11.5 Å². The number of carbonyl (C=O) groups is 1. The highest BCUT2D eigenvalue weighted by atomic mass is 19.3. The van der Waals surface area contributed by atoms with Crippen molar-refractivity contribution in [1.29, 1.82) is 0 Å². The minimum Gasteiger partial charge on any atom is -0.492 e. The van der Waals surface area contributed by atoms with Crippen LogP contribution in [0.4, 0.5) is 18.9 Å². The van der Waals surface area contributed by atoms with Crippen LogP contribution in [0.3, 0.4) is 0 Å². The van der Waals surface area contributed by atoms with E-state index in [1.165, 1.54) is 37.3 Å². The number of carbonyl (C=O) groups excluding carboxylic acids is 1. The van der Waals surface area contributed by atoms with E-state index in [2.05, 4.69) is 45.3 Å². The van der Waals surface area contributed by atoms with Crippen LogP contribution in [0.2, 0.25) is 0 Å². The molecule has 0 radical (unpaired) electrons. The van der Waals surface area contributed by atoms with Gasteiger partial charge < -0.3 is 15.4 Å². The standard InChI is InChI=1S/C12H17NO2.C9H11F2N.C9H11F.C9H20/c1-9-8-11(15-7-6-13-3)4-5-12(9)10(2)14;1-7-3-5-8(6-4-7)12-9(2,10)11;1-3-8-4-5-9(10)7(2)6-8;1-5-7-9(3,4)8-6-2/h4-5,8,13H,6-7H2,1-3H3;3-6,12H,1-2H3;4-6H,3H2,1-2H3;5-8H2,1-4H3. The van der Waals surface area contributed by atoms with Crippen LogP contribution in [-0.4, -0.2) is 32.0 Å². The second kappa shape index (κ2) is 22.2. The Labute approximate surface area is 277 Å². The summed E-state index contributed by atoms with van der Waals surface area (Å²) < 4.78 is 42.9. The molecule has 0 amide bonds. The highest BCUT2D eigenvalue weighted by Gasteiger charge is 2.19. The van der Waals surface area contributed by atoms with Crippen LogP contribution in [0, 0.1) is 32.0 Å². The maximum absolute atomic E-state index is 12.6. The Bertz CT molecular complexity index is 1260. The summed E-state index contributed by atoms with van der Waals surface area (Å²) >= 11 is 0. The summed E-state index contributed by atoms with van der Waals surface area (Å²) in [6.45, 7) is 20.8. The van der Waals surface area contributed by atoms with Crippen LogP contribution in [0.1, 0.15) is 107 Å². The van der Waals surface area contributed by atoms with Gasteiger partial charge in [0.1, 0.15) is 18.2 Å². The topological polar surface area (TPSA) is 50.4 Å². The van der Waals surface area contributed by atoms with E-state index in [9.17, 15) is 18.0 Å². The van der Waals surface area contributed by atoms with Crippen LogP contribution in [0.15, 0.2) is 60.7 Å². The summed E-state index contributed by atoms with van der Waals surface area (Å²) in [5.41, 5.74) is 5.75. The molecule has 4 nitrogen and oxygen atoms in total. The number of ketones is 1. The first kappa shape index (κ1) is 42.7. The summed E-state index contributed by atoms with van der Waals surface area (Å²) in [5, 5.41) is 5.08. The van der Waals surface area contributed by atoms with Crippen LogP contribution < -0.4 is 15.4 Å². The zero-order chi connectivity index (χ0) is 35.3. The number of aryl methyl sites for hydroxylation is 4. The molecule has 0 saturated carbocycles. The molecule has 0 fully saturated rings. The Hall–Kier alpha value is -3.32. The van der Waals surface area contributed by atoms with Crippen molar-refractivity contribution in [3.63, 3.8) is 0 Å². The number of Topliss-reactive ketones (excluding diaryl/α,β-unsaturated/α-hetero) is 1. The zero-order valence-corrected chi connectivity index (χ0v) is 30.2. The van der Waals surface area contributed by atoms with Gasteiger partial charge in [0.15, 0.2) is 5.78 Å². The van der Waals surface area contributed by atoms with Gasteiger partial charge in [-0.25, -0.2) is 4.39 Å². The Morgan fingerprint density at radius 2 is 1.41 bits per heavy atom. The summed E-state index contributed by atoms with van der Waals surface area (Å²) in [4.78, 5) is 11.2. The monoisotopic (exact) mass is 644 g/mol. The highest BCUT2D eigenvalue weighted by molar-refractivity contribution is 5.95. The molecule has 0 saturated heterocycles. The maximum atomic E-state index is 12.6. The fourth-order valence-electron chi connectivity index (χ4n) is 4.69. The third-order valence-electron chi connectivity index (χ3n) is 7.10. The molecule has 0 spiro atoms. The Morgan fingerprint density at radius 3 is 1.85 bits per heavy atom. The van der Waals surface area contributed by atoms with Gasteiger partial charge in [0.25, 0.3) is 0 Å². The van der Waals surface area contributed by atoms with Crippen LogP contribution in [0.25, 0.3) is 0 Å². The van der Waals surface area contributed by atoms with Crippen molar-refractivity contribution in [2.24, 2.45) is 5.41 Å². The summed E-state index contributed by atoms with van der Waals surface area (Å²) in [6.07, 6.45) is 6.38. The van der Waals surface area contributed by atoms with Crippen molar-refractivity contribution in [3.8, 4) is 5.75 Å². The number of halogens is 3. The Balaban J connectivity index is 0.000000599. The van der Waals surface area contributed by atoms with Crippen molar-refractivity contribution in [1.82, 2.24) is 5.32 Å². The molecule has 0 heterocycles. The van der Waals surface area contributed by atoms with E-state index in [4.69, 9.17) is 4.74 Å². The maximum Gasteiger partial charge on any atom is 0.320 e. The van der Waals surface area contributed by atoms with Crippen molar-refractivity contribution in [2.45, 2.75) is 107 Å². The quantitative estimate of drug-likeness (QED) is 0.117. The minimum atomic E-state index is -2.85. The van der Waals surface area contributed by atoms with E-state index in [0.29, 0.717) is 17.7 Å². The van der Waals surface area contributed by atoms with Gasteiger partial charge in [-0.2, -0.15) is 8.78 Å². The molecule has 3 aromatic carbocycles. The van der Waals surface area contributed by atoms with Gasteiger partial charge in [-0.1, -0.05) is 77.3 Å². The smallest absolute Gasteiger partial charge is 0.320 e. The van der Waals surface area contributed by atoms with Gasteiger partial charge in [-0.05, 0) is 113 Å². The first-order valence-corrected chi connectivity index (χ1v) is 16.3. The molecule has 0 aliphatic rings. The molecule has 0 bridgehead atoms. The number of benzene rings is 3. The lowest BCUT2D eigenvalue weighted by Gasteiger charge is -2.22. The SMILES string of the molecule is CCCC(C)(C)CCC.CCc1ccc(F)c(C)c1.CNCCOc1ccc(C(C)=O)c(C)c1.Cc1ccc(NC(C)(F)F)cc1. The average Bonchev–Trinajstić information content (AvgIpc) is 2.96. The molecule has 0 unspecified atom stereocenters. The van der Waals surface area contributed by atoms with Crippen molar-refractivity contribution in [3.05, 3.63) is 94.3 Å². The summed E-state index contributed by atoms with van der Waals surface area (Å²) in [6, 6.07) is 14.8. The third kappa shape index (κ3) is 19.9. The molecule has 0 atom stereocenters. The zero-order valence-electron chi connectivity index (χ0n) is 30.2. The Morgan fingerprint density at radius 1 is 0.826 bits per heavy atom. The number of nitrogens with one attached hydrogen (secondary N) is 2. The van der Waals surface area contributed by atoms with Gasteiger partial charge in [0.2, 0.25) is 0 Å². The van der Waals surface area contributed by atoms with E-state index in [0.717, 1.165) is 47.9 Å². The molecule has 0 aliphatic heterocycles. The molecular weight excluding hydrogens is 585 g/mol. The second-order valence-corrected chi connectivity index (χ2v) is 12.5. The molecule has 3 aromatic rings. The van der Waals surface area contributed by atoms with E-state index in [1.807, 2.05) is 51.2 Å². The fourth-order valence-corrected chi connectivity index (χ4v) is 4.69. The number of ether oxygens (including phenoxy) is 1. The highest BCUT2D eigenvalue weighted by Crippen LogP contribution is 2.27. The molecule has 3 rings (SSSR count). The fraction of sp³-hybridized carbons (Fsp3) is 0.513. The first-order chi connectivity index (χ1) is 21.5. The predicted octanol–water partition coefficient (Wildman–Crippen LogP) is 11.1. The minimum absolute atomic E-state index is 0.0919. The number of hydrogen-bond donors (Lipinski definition) is 2. The van der Waals surface area contributed by atoms with Crippen LogP contribution in [0.5, 0.6) is 5.75 Å². The largest absolute Gasteiger partial charge is 0.492 e. The van der Waals surface area contributed by atoms with E-state index < -0.39 is 6.05 Å². The lowest BCUT2D eigenvalue weighted by molar-refractivity contribution is 0.0543. The molecule has 7 heteroatoms. The van der Waals surface area contributed by atoms with Crippen molar-refractivity contribution < 1.29 is 22.7 Å². The second-order valence-electron chi connectivity index (χ2n) is 12.5. The summed E-state index contributed by atoms with van der Waals surface area (Å²) in [5.74, 6) is 0.791. The van der Waals surface area contributed by atoms with Gasteiger partial charge in [-0.15, -0.1) is 0 Å².